The quantitative estimate of drug-likeness (QED) is 0.225. The van der Waals surface area contributed by atoms with Gasteiger partial charge in [0, 0.05) is 56.2 Å². The van der Waals surface area contributed by atoms with Crippen LogP contribution in [-0.4, -0.2) is 46.9 Å². The SMILES string of the molecule is O=C(Cc1ccc(-c2ccc3ncc(N4CCN(c5ccncc5)CC4)nc3c2)cc1)c1cccc(C(F)(F)F)c1. The number of rotatable bonds is 6. The van der Waals surface area contributed by atoms with Crippen LogP contribution in [0.3, 0.4) is 0 Å². The number of nitrogens with zero attached hydrogens (tertiary/aromatic N) is 5. The number of fused-ring (bicyclic) bond motifs is 1. The van der Waals surface area contributed by atoms with E-state index in [2.05, 4.69) is 19.8 Å². The molecule has 0 spiro atoms. The van der Waals surface area contributed by atoms with Gasteiger partial charge in [0.25, 0.3) is 0 Å². The molecule has 0 saturated carbocycles. The zero-order chi connectivity index (χ0) is 28.4. The van der Waals surface area contributed by atoms with Crippen LogP contribution < -0.4 is 9.80 Å². The molecule has 0 N–H and O–H groups in total. The maximum absolute atomic E-state index is 13.0. The molecule has 1 fully saturated rings. The number of alkyl halides is 3. The predicted octanol–water partition coefficient (Wildman–Crippen LogP) is 6.46. The Morgan fingerprint density at radius 1 is 0.780 bits per heavy atom. The lowest BCUT2D eigenvalue weighted by molar-refractivity contribution is -0.137. The van der Waals surface area contributed by atoms with Crippen molar-refractivity contribution in [1.82, 2.24) is 15.0 Å². The van der Waals surface area contributed by atoms with Crippen molar-refractivity contribution in [3.05, 3.63) is 114 Å². The van der Waals surface area contributed by atoms with E-state index in [0.717, 1.165) is 71.9 Å². The Labute approximate surface area is 235 Å². The average Bonchev–Trinajstić information content (AvgIpc) is 3.01. The zero-order valence-corrected chi connectivity index (χ0v) is 22.1. The lowest BCUT2D eigenvalue weighted by Gasteiger charge is -2.36. The van der Waals surface area contributed by atoms with Gasteiger partial charge in [-0.25, -0.2) is 4.98 Å². The second-order valence-electron chi connectivity index (χ2n) is 9.99. The Balaban J connectivity index is 1.15. The number of aromatic nitrogens is 3. The van der Waals surface area contributed by atoms with Crippen LogP contribution in [-0.2, 0) is 12.6 Å². The van der Waals surface area contributed by atoms with Gasteiger partial charge in [-0.3, -0.25) is 14.8 Å². The van der Waals surface area contributed by atoms with Crippen LogP contribution in [0.1, 0.15) is 21.5 Å². The van der Waals surface area contributed by atoms with E-state index in [0.29, 0.717) is 0 Å². The van der Waals surface area contributed by atoms with E-state index in [1.54, 1.807) is 0 Å². The summed E-state index contributed by atoms with van der Waals surface area (Å²) >= 11 is 0. The third-order valence-corrected chi connectivity index (χ3v) is 7.32. The van der Waals surface area contributed by atoms with Crippen LogP contribution >= 0.6 is 0 Å². The molecule has 0 aliphatic carbocycles. The number of carbonyl (C=O) groups excluding carboxylic acids is 1. The molecule has 0 bridgehead atoms. The molecule has 3 heterocycles. The van der Waals surface area contributed by atoms with Gasteiger partial charge in [-0.15, -0.1) is 0 Å². The van der Waals surface area contributed by atoms with E-state index in [4.69, 9.17) is 4.98 Å². The summed E-state index contributed by atoms with van der Waals surface area (Å²) in [5, 5.41) is 0. The molecule has 5 aromatic rings. The van der Waals surface area contributed by atoms with Gasteiger partial charge in [-0.05, 0) is 53.1 Å². The third-order valence-electron chi connectivity index (χ3n) is 7.32. The van der Waals surface area contributed by atoms with Gasteiger partial charge in [0.2, 0.25) is 0 Å². The monoisotopic (exact) mass is 553 g/mol. The van der Waals surface area contributed by atoms with Crippen LogP contribution in [0.25, 0.3) is 22.2 Å². The first-order valence-electron chi connectivity index (χ1n) is 13.3. The van der Waals surface area contributed by atoms with Crippen molar-refractivity contribution in [1.29, 1.82) is 0 Å². The number of ketones is 1. The van der Waals surface area contributed by atoms with Crippen molar-refractivity contribution in [2.75, 3.05) is 36.0 Å². The fourth-order valence-corrected chi connectivity index (χ4v) is 5.05. The second-order valence-corrected chi connectivity index (χ2v) is 9.99. The number of Topliss-reactive ketones (excluding diaryl/α,β-unsaturated/α-hetero) is 1. The van der Waals surface area contributed by atoms with Crippen molar-refractivity contribution in [3.8, 4) is 11.1 Å². The fraction of sp³-hybridized carbons (Fsp3) is 0.188. The zero-order valence-electron chi connectivity index (χ0n) is 22.1. The molecule has 9 heteroatoms. The standard InChI is InChI=1S/C32H26F3N5O/c33-32(34,35)26-3-1-2-25(19-26)30(41)18-22-4-6-23(7-5-22)24-8-9-28-29(20-24)38-31(21-37-28)40-16-14-39(15-17-40)27-10-12-36-13-11-27/h1-13,19-21H,14-18H2. The molecule has 3 aromatic carbocycles. The van der Waals surface area contributed by atoms with E-state index >= 15 is 0 Å². The smallest absolute Gasteiger partial charge is 0.368 e. The molecule has 6 rings (SSSR count). The number of hydrogen-bond acceptors (Lipinski definition) is 6. The van der Waals surface area contributed by atoms with Crippen molar-refractivity contribution in [3.63, 3.8) is 0 Å². The molecule has 2 aromatic heterocycles. The summed E-state index contributed by atoms with van der Waals surface area (Å²) in [6, 6.07) is 22.0. The van der Waals surface area contributed by atoms with Gasteiger partial charge in [-0.2, -0.15) is 13.2 Å². The maximum Gasteiger partial charge on any atom is 0.416 e. The highest BCUT2D eigenvalue weighted by Gasteiger charge is 2.30. The van der Waals surface area contributed by atoms with Crippen molar-refractivity contribution < 1.29 is 18.0 Å². The molecule has 41 heavy (non-hydrogen) atoms. The molecular weight excluding hydrogens is 527 g/mol. The lowest BCUT2D eigenvalue weighted by atomic mass is 9.98. The molecular formula is C32H26F3N5O. The molecule has 0 unspecified atom stereocenters. The molecule has 206 valence electrons. The highest BCUT2D eigenvalue weighted by atomic mass is 19.4. The molecule has 1 aliphatic rings. The molecule has 0 radical (unpaired) electrons. The van der Waals surface area contributed by atoms with Crippen LogP contribution in [0.15, 0.2) is 97.5 Å². The van der Waals surface area contributed by atoms with Gasteiger partial charge >= 0.3 is 6.18 Å². The van der Waals surface area contributed by atoms with Crippen LogP contribution in [0.2, 0.25) is 0 Å². The summed E-state index contributed by atoms with van der Waals surface area (Å²) in [6.45, 7) is 3.44. The normalized spacial score (nSPS) is 13.9. The van der Waals surface area contributed by atoms with Crippen molar-refractivity contribution in [2.45, 2.75) is 12.6 Å². The predicted molar refractivity (Wildman–Crippen MR) is 153 cm³/mol. The largest absolute Gasteiger partial charge is 0.416 e. The summed E-state index contributed by atoms with van der Waals surface area (Å²) in [5.41, 5.74) is 4.61. The molecule has 0 amide bonds. The summed E-state index contributed by atoms with van der Waals surface area (Å²) in [6.07, 6.45) is 0.963. The van der Waals surface area contributed by atoms with E-state index in [1.807, 2.05) is 73.2 Å². The second kappa shape index (κ2) is 11.0. The summed E-state index contributed by atoms with van der Waals surface area (Å²) in [5.74, 6) is 0.478. The Hall–Kier alpha value is -4.79. The molecule has 6 nitrogen and oxygen atoms in total. The molecule has 0 atom stereocenters. The van der Waals surface area contributed by atoms with Gasteiger partial charge < -0.3 is 9.80 Å². The van der Waals surface area contributed by atoms with Gasteiger partial charge in [0.05, 0.1) is 22.8 Å². The number of pyridine rings is 1. The summed E-state index contributed by atoms with van der Waals surface area (Å²) < 4.78 is 39.1. The minimum atomic E-state index is -4.49. The number of carbonyl (C=O) groups is 1. The van der Waals surface area contributed by atoms with Crippen molar-refractivity contribution in [2.24, 2.45) is 0 Å². The van der Waals surface area contributed by atoms with Crippen molar-refractivity contribution >= 4 is 28.3 Å². The maximum atomic E-state index is 13.0. The Morgan fingerprint density at radius 2 is 1.49 bits per heavy atom. The van der Waals surface area contributed by atoms with E-state index < -0.39 is 11.7 Å². The van der Waals surface area contributed by atoms with E-state index in [-0.39, 0.29) is 17.8 Å². The Morgan fingerprint density at radius 3 is 2.22 bits per heavy atom. The average molecular weight is 554 g/mol. The lowest BCUT2D eigenvalue weighted by Crippen LogP contribution is -2.46. The first-order valence-corrected chi connectivity index (χ1v) is 13.3. The molecule has 1 saturated heterocycles. The number of piperazine rings is 1. The van der Waals surface area contributed by atoms with E-state index in [1.165, 1.54) is 17.8 Å². The van der Waals surface area contributed by atoms with Crippen LogP contribution in [0.4, 0.5) is 24.7 Å². The highest BCUT2D eigenvalue weighted by molar-refractivity contribution is 5.97. The number of hydrogen-bond donors (Lipinski definition) is 0. The number of anilines is 2. The number of benzene rings is 3. The number of halogens is 3. The van der Waals surface area contributed by atoms with Gasteiger partial charge in [0.1, 0.15) is 5.82 Å². The summed E-state index contributed by atoms with van der Waals surface area (Å²) in [4.78, 5) is 30.9. The highest BCUT2D eigenvalue weighted by Crippen LogP contribution is 2.30. The van der Waals surface area contributed by atoms with Gasteiger partial charge in [-0.1, -0.05) is 42.5 Å². The van der Waals surface area contributed by atoms with Crippen LogP contribution in [0, 0.1) is 0 Å². The fourth-order valence-electron chi connectivity index (χ4n) is 5.05. The van der Waals surface area contributed by atoms with Crippen LogP contribution in [0.5, 0.6) is 0 Å². The minimum absolute atomic E-state index is 0.0164. The van der Waals surface area contributed by atoms with Gasteiger partial charge in [0.15, 0.2) is 5.78 Å². The minimum Gasteiger partial charge on any atom is -0.368 e. The summed E-state index contributed by atoms with van der Waals surface area (Å²) in [7, 11) is 0. The molecule has 1 aliphatic heterocycles. The Kier molecular flexibility index (Phi) is 7.09. The first-order chi connectivity index (χ1) is 19.8. The topological polar surface area (TPSA) is 62.2 Å². The first kappa shape index (κ1) is 26.4. The third kappa shape index (κ3) is 5.89. The van der Waals surface area contributed by atoms with E-state index in [9.17, 15) is 18.0 Å². The Bertz CT molecular complexity index is 1680.